The van der Waals surface area contributed by atoms with Gasteiger partial charge in [-0.05, 0) is 6.07 Å². The predicted octanol–water partition coefficient (Wildman–Crippen LogP) is 2.35. The van der Waals surface area contributed by atoms with Crippen LogP contribution in [0.2, 0.25) is 0 Å². The molecule has 88 valence electrons. The summed E-state index contributed by atoms with van der Waals surface area (Å²) in [4.78, 5) is 14.8. The van der Waals surface area contributed by atoms with Crippen LogP contribution in [0.25, 0.3) is 0 Å². The van der Waals surface area contributed by atoms with Gasteiger partial charge < -0.3 is 9.84 Å². The fourth-order valence-electron chi connectivity index (χ4n) is 1.42. The van der Waals surface area contributed by atoms with E-state index in [1.165, 1.54) is 11.3 Å². The molecule has 0 aliphatic carbocycles. The van der Waals surface area contributed by atoms with Crippen molar-refractivity contribution in [1.29, 1.82) is 0 Å². The second kappa shape index (κ2) is 5.45. The van der Waals surface area contributed by atoms with Gasteiger partial charge in [-0.15, -0.1) is 11.3 Å². The Kier molecular flexibility index (Phi) is 3.72. The fraction of sp³-hybridized carbons (Fsp3) is 0.167. The molecule has 0 fully saturated rings. The summed E-state index contributed by atoms with van der Waals surface area (Å²) in [7, 11) is 0. The third kappa shape index (κ3) is 3.29. The molecule has 4 nitrogen and oxygen atoms in total. The summed E-state index contributed by atoms with van der Waals surface area (Å²) >= 11 is 1.51. The molecule has 0 saturated heterocycles. The van der Waals surface area contributed by atoms with Crippen LogP contribution in [-0.4, -0.2) is 16.1 Å². The van der Waals surface area contributed by atoms with Crippen molar-refractivity contribution in [3.05, 3.63) is 46.4 Å². The highest BCUT2D eigenvalue weighted by Gasteiger charge is 2.07. The number of aromatic nitrogens is 1. The fourth-order valence-corrected chi connectivity index (χ4v) is 1.94. The molecule has 0 radical (unpaired) electrons. The number of carbonyl (C=O) groups is 1. The van der Waals surface area contributed by atoms with Crippen LogP contribution in [0.15, 0.2) is 35.8 Å². The maximum atomic E-state index is 10.7. The molecule has 0 saturated carbocycles. The average Bonchev–Trinajstić information content (AvgIpc) is 2.80. The van der Waals surface area contributed by atoms with Gasteiger partial charge in [0.25, 0.3) is 0 Å². The van der Waals surface area contributed by atoms with Crippen LogP contribution in [0.1, 0.15) is 10.6 Å². The maximum absolute atomic E-state index is 10.7. The van der Waals surface area contributed by atoms with Gasteiger partial charge in [-0.1, -0.05) is 18.2 Å². The molecule has 17 heavy (non-hydrogen) atoms. The number of rotatable bonds is 5. The van der Waals surface area contributed by atoms with E-state index >= 15 is 0 Å². The molecule has 5 heteroatoms. The second-order valence-electron chi connectivity index (χ2n) is 3.39. The Hall–Kier alpha value is -1.88. The normalized spacial score (nSPS) is 10.1. The van der Waals surface area contributed by atoms with E-state index in [-0.39, 0.29) is 6.42 Å². The van der Waals surface area contributed by atoms with Crippen LogP contribution in [0.5, 0.6) is 5.75 Å². The molecule has 0 aliphatic heterocycles. The summed E-state index contributed by atoms with van der Waals surface area (Å²) in [6.45, 7) is 0.369. The lowest BCUT2D eigenvalue weighted by molar-refractivity contribution is -0.136. The molecule has 1 aromatic heterocycles. The van der Waals surface area contributed by atoms with Crippen LogP contribution in [0.3, 0.4) is 0 Å². The number of ether oxygens (including phenoxy) is 1. The Labute approximate surface area is 103 Å². The van der Waals surface area contributed by atoms with E-state index in [2.05, 4.69) is 4.98 Å². The maximum Gasteiger partial charge on any atom is 0.307 e. The molecule has 0 unspecified atom stereocenters. The lowest BCUT2D eigenvalue weighted by Gasteiger charge is -2.08. The molecule has 0 aliphatic rings. The largest absolute Gasteiger partial charge is 0.486 e. The van der Waals surface area contributed by atoms with Crippen molar-refractivity contribution in [2.45, 2.75) is 13.0 Å². The topological polar surface area (TPSA) is 59.4 Å². The third-order valence-electron chi connectivity index (χ3n) is 2.15. The van der Waals surface area contributed by atoms with Gasteiger partial charge in [0.05, 0.1) is 6.42 Å². The first-order valence-corrected chi connectivity index (χ1v) is 5.94. The van der Waals surface area contributed by atoms with Crippen molar-refractivity contribution >= 4 is 17.3 Å². The quantitative estimate of drug-likeness (QED) is 0.883. The molecular weight excluding hydrogens is 238 g/mol. The van der Waals surface area contributed by atoms with Gasteiger partial charge >= 0.3 is 5.97 Å². The van der Waals surface area contributed by atoms with Gasteiger partial charge in [-0.3, -0.25) is 4.79 Å². The zero-order valence-corrected chi connectivity index (χ0v) is 9.81. The van der Waals surface area contributed by atoms with Crippen LogP contribution in [0.4, 0.5) is 0 Å². The van der Waals surface area contributed by atoms with Crippen LogP contribution in [0, 0.1) is 0 Å². The van der Waals surface area contributed by atoms with E-state index in [9.17, 15) is 4.79 Å². The van der Waals surface area contributed by atoms with E-state index in [4.69, 9.17) is 9.84 Å². The van der Waals surface area contributed by atoms with Crippen LogP contribution < -0.4 is 4.74 Å². The molecular formula is C12H11NO3S. The Bertz CT molecular complexity index is 496. The van der Waals surface area contributed by atoms with E-state index in [1.54, 1.807) is 24.4 Å². The third-order valence-corrected chi connectivity index (χ3v) is 2.90. The first-order chi connectivity index (χ1) is 8.25. The number of thiazole rings is 1. The summed E-state index contributed by atoms with van der Waals surface area (Å²) in [5, 5.41) is 11.5. The first kappa shape index (κ1) is 11.6. The minimum Gasteiger partial charge on any atom is -0.486 e. The summed E-state index contributed by atoms with van der Waals surface area (Å²) in [5.41, 5.74) is 0.677. The SMILES string of the molecule is O=C(O)Cc1ccccc1OCc1nccs1. The Morgan fingerprint density at radius 3 is 2.94 bits per heavy atom. The minimum absolute atomic E-state index is 0.0337. The molecule has 2 aromatic rings. The Morgan fingerprint density at radius 1 is 1.41 bits per heavy atom. The number of aliphatic carboxylic acids is 1. The average molecular weight is 249 g/mol. The number of para-hydroxylation sites is 1. The number of hydrogen-bond donors (Lipinski definition) is 1. The van der Waals surface area contributed by atoms with Crippen molar-refractivity contribution in [3.8, 4) is 5.75 Å². The molecule has 0 bridgehead atoms. The summed E-state index contributed by atoms with van der Waals surface area (Å²) in [6, 6.07) is 7.15. The van der Waals surface area contributed by atoms with Gasteiger partial charge in [-0.25, -0.2) is 4.98 Å². The standard InChI is InChI=1S/C12H11NO3S/c14-12(15)7-9-3-1-2-4-10(9)16-8-11-13-5-6-17-11/h1-6H,7-8H2,(H,14,15). The number of hydrogen-bond acceptors (Lipinski definition) is 4. The lowest BCUT2D eigenvalue weighted by Crippen LogP contribution is -2.03. The van der Waals surface area contributed by atoms with Gasteiger partial charge in [0, 0.05) is 17.1 Å². The minimum atomic E-state index is -0.865. The monoisotopic (exact) mass is 249 g/mol. The van der Waals surface area contributed by atoms with Gasteiger partial charge in [0.1, 0.15) is 17.4 Å². The van der Waals surface area contributed by atoms with Crippen molar-refractivity contribution in [3.63, 3.8) is 0 Å². The van der Waals surface area contributed by atoms with E-state index in [0.29, 0.717) is 17.9 Å². The molecule has 0 amide bonds. The molecule has 2 rings (SSSR count). The van der Waals surface area contributed by atoms with Gasteiger partial charge in [-0.2, -0.15) is 0 Å². The zero-order valence-electron chi connectivity index (χ0n) is 9.00. The van der Waals surface area contributed by atoms with Crippen molar-refractivity contribution in [1.82, 2.24) is 4.98 Å². The highest BCUT2D eigenvalue weighted by Crippen LogP contribution is 2.20. The summed E-state index contributed by atoms with van der Waals surface area (Å²) in [6.07, 6.45) is 1.68. The summed E-state index contributed by atoms with van der Waals surface area (Å²) in [5.74, 6) is -0.264. The molecule has 0 atom stereocenters. The van der Waals surface area contributed by atoms with Gasteiger partial charge in [0.2, 0.25) is 0 Å². The van der Waals surface area contributed by atoms with Crippen molar-refractivity contribution < 1.29 is 14.6 Å². The Morgan fingerprint density at radius 2 is 2.24 bits per heavy atom. The smallest absolute Gasteiger partial charge is 0.307 e. The molecule has 1 aromatic carbocycles. The molecule has 0 spiro atoms. The zero-order chi connectivity index (χ0) is 12.1. The number of carboxylic acid groups (broad SMARTS) is 1. The lowest BCUT2D eigenvalue weighted by atomic mass is 10.1. The van der Waals surface area contributed by atoms with Crippen LogP contribution in [-0.2, 0) is 17.8 Å². The number of carboxylic acids is 1. The second-order valence-corrected chi connectivity index (χ2v) is 4.37. The molecule has 1 heterocycles. The Balaban J connectivity index is 2.06. The van der Waals surface area contributed by atoms with Crippen molar-refractivity contribution in [2.24, 2.45) is 0 Å². The highest BCUT2D eigenvalue weighted by molar-refractivity contribution is 7.09. The van der Waals surface area contributed by atoms with Gasteiger partial charge in [0.15, 0.2) is 0 Å². The first-order valence-electron chi connectivity index (χ1n) is 5.06. The number of benzene rings is 1. The van der Waals surface area contributed by atoms with E-state index in [0.717, 1.165) is 5.01 Å². The van der Waals surface area contributed by atoms with Crippen molar-refractivity contribution in [2.75, 3.05) is 0 Å². The highest BCUT2D eigenvalue weighted by atomic mass is 32.1. The van der Waals surface area contributed by atoms with Crippen LogP contribution >= 0.6 is 11.3 Å². The molecule has 1 N–H and O–H groups in total. The number of nitrogens with zero attached hydrogens (tertiary/aromatic N) is 1. The summed E-state index contributed by atoms with van der Waals surface area (Å²) < 4.78 is 5.57. The van der Waals surface area contributed by atoms with E-state index in [1.807, 2.05) is 11.4 Å². The van der Waals surface area contributed by atoms with E-state index < -0.39 is 5.97 Å². The predicted molar refractivity (Wildman–Crippen MR) is 64.2 cm³/mol.